The molecule has 3 N–H and O–H groups in total. The number of ether oxygens (including phenoxy) is 2. The highest BCUT2D eigenvalue weighted by atomic mass is 16.5. The number of nitrogens with two attached hydrogens (primary N) is 1. The maximum Gasteiger partial charge on any atom is 0.303 e. The minimum atomic E-state index is -0.459. The van der Waals surface area contributed by atoms with Gasteiger partial charge in [-0.2, -0.15) is 0 Å². The predicted octanol–water partition coefficient (Wildman–Crippen LogP) is 1.36. The summed E-state index contributed by atoms with van der Waals surface area (Å²) in [6.07, 6.45) is 2.36. The lowest BCUT2D eigenvalue weighted by molar-refractivity contribution is -0.140. The van der Waals surface area contributed by atoms with E-state index in [4.69, 9.17) is 19.9 Å². The predicted molar refractivity (Wildman–Crippen MR) is 85.3 cm³/mol. The van der Waals surface area contributed by atoms with Gasteiger partial charge in [0.25, 0.3) is 7.48 Å². The number of carbonyl (C=O) groups excluding carboxylic acids is 1. The third-order valence-corrected chi connectivity index (χ3v) is 3.23. The molecule has 1 rings (SSSR count). The third kappa shape index (κ3) is 5.95. The molecule has 22 heavy (non-hydrogen) atoms. The summed E-state index contributed by atoms with van der Waals surface area (Å²) in [5, 5.41) is 9.98. The molecule has 0 unspecified atom stereocenters. The SMILES string of the molecule is CCCCOc1ccc(C[C@H](BOCN)C(=O)OC)cc1O. The highest BCUT2D eigenvalue weighted by molar-refractivity contribution is 6.36. The number of rotatable bonds is 10. The van der Waals surface area contributed by atoms with Gasteiger partial charge in [0, 0.05) is 0 Å². The Bertz CT molecular complexity index is 469. The van der Waals surface area contributed by atoms with Crippen molar-refractivity contribution in [3.05, 3.63) is 23.8 Å². The van der Waals surface area contributed by atoms with Crippen LogP contribution in [0.1, 0.15) is 25.3 Å². The van der Waals surface area contributed by atoms with E-state index in [-0.39, 0.29) is 25.9 Å². The first-order valence-corrected chi connectivity index (χ1v) is 7.42. The molecule has 0 saturated heterocycles. The molecule has 0 aromatic heterocycles. The summed E-state index contributed by atoms with van der Waals surface area (Å²) in [7, 11) is 1.51. The second-order valence-corrected chi connectivity index (χ2v) is 4.97. The topological polar surface area (TPSA) is 91.0 Å². The van der Waals surface area contributed by atoms with Crippen LogP contribution in [0.4, 0.5) is 0 Å². The van der Waals surface area contributed by atoms with Gasteiger partial charge in [-0.15, -0.1) is 0 Å². The maximum atomic E-state index is 11.7. The fraction of sp³-hybridized carbons (Fsp3) is 0.533. The Hall–Kier alpha value is -1.73. The van der Waals surface area contributed by atoms with Gasteiger partial charge in [-0.3, -0.25) is 4.79 Å². The van der Waals surface area contributed by atoms with E-state index in [1.165, 1.54) is 7.11 Å². The van der Waals surface area contributed by atoms with Gasteiger partial charge >= 0.3 is 5.97 Å². The van der Waals surface area contributed by atoms with Crippen LogP contribution in [0, 0.1) is 0 Å². The molecule has 0 aliphatic rings. The standard InChI is InChI=1S/C15H24BNO5/c1-3-4-7-21-14-6-5-11(9-13(14)18)8-12(15(19)20-2)16-22-10-17/h5-6,9,12,16,18H,3-4,7-8,10,17H2,1-2H3/t12-/m0/s1. The Kier molecular flexibility index (Phi) is 8.39. The molecular weight excluding hydrogens is 285 g/mol. The fourth-order valence-electron chi connectivity index (χ4n) is 2.01. The van der Waals surface area contributed by atoms with Crippen molar-refractivity contribution in [2.75, 3.05) is 20.4 Å². The Balaban J connectivity index is 2.70. The van der Waals surface area contributed by atoms with Gasteiger partial charge in [-0.1, -0.05) is 19.4 Å². The number of carbonyl (C=O) groups is 1. The summed E-state index contributed by atoms with van der Waals surface area (Å²) < 4.78 is 15.3. The van der Waals surface area contributed by atoms with E-state index >= 15 is 0 Å². The number of phenols is 1. The zero-order chi connectivity index (χ0) is 16.4. The van der Waals surface area contributed by atoms with Crippen LogP contribution < -0.4 is 10.5 Å². The van der Waals surface area contributed by atoms with Crippen molar-refractivity contribution in [1.82, 2.24) is 0 Å². The van der Waals surface area contributed by atoms with E-state index in [2.05, 4.69) is 6.92 Å². The zero-order valence-electron chi connectivity index (χ0n) is 13.2. The van der Waals surface area contributed by atoms with Crippen LogP contribution in [0.25, 0.3) is 0 Å². The van der Waals surface area contributed by atoms with Crippen LogP contribution in [-0.4, -0.2) is 39.0 Å². The largest absolute Gasteiger partial charge is 0.504 e. The van der Waals surface area contributed by atoms with Crippen LogP contribution in [0.15, 0.2) is 18.2 Å². The summed E-state index contributed by atoms with van der Waals surface area (Å²) in [5.41, 5.74) is 6.09. The molecule has 7 heteroatoms. The number of methoxy groups -OCH3 is 1. The third-order valence-electron chi connectivity index (χ3n) is 3.23. The Morgan fingerprint density at radius 3 is 2.82 bits per heavy atom. The maximum absolute atomic E-state index is 11.7. The van der Waals surface area contributed by atoms with Crippen molar-refractivity contribution in [2.45, 2.75) is 32.0 Å². The number of hydrogen-bond acceptors (Lipinski definition) is 6. The Morgan fingerprint density at radius 1 is 1.45 bits per heavy atom. The first-order valence-electron chi connectivity index (χ1n) is 7.42. The molecule has 1 aromatic rings. The normalized spacial score (nSPS) is 11.8. The van der Waals surface area contributed by atoms with Gasteiger partial charge in [0.05, 0.1) is 26.3 Å². The molecule has 1 atom stereocenters. The average Bonchev–Trinajstić information content (AvgIpc) is 2.52. The zero-order valence-corrected chi connectivity index (χ0v) is 13.2. The highest BCUT2D eigenvalue weighted by Gasteiger charge is 2.22. The van der Waals surface area contributed by atoms with Crippen LogP contribution >= 0.6 is 0 Å². The molecule has 0 bridgehead atoms. The summed E-state index contributed by atoms with van der Waals surface area (Å²) >= 11 is 0. The minimum Gasteiger partial charge on any atom is -0.504 e. The number of hydrogen-bond donors (Lipinski definition) is 2. The van der Waals surface area contributed by atoms with Crippen LogP contribution in [0.5, 0.6) is 11.5 Å². The summed E-state index contributed by atoms with van der Waals surface area (Å²) in [4.78, 5) is 11.7. The molecule has 0 amide bonds. The molecule has 6 nitrogen and oxygen atoms in total. The first kappa shape index (κ1) is 18.3. The van der Waals surface area contributed by atoms with E-state index in [9.17, 15) is 9.90 Å². The summed E-state index contributed by atoms with van der Waals surface area (Å²) in [6.45, 7) is 2.68. The average molecular weight is 309 g/mol. The molecule has 0 spiro atoms. The van der Waals surface area contributed by atoms with E-state index in [0.29, 0.717) is 18.8 Å². The van der Waals surface area contributed by atoms with E-state index in [1.54, 1.807) is 12.1 Å². The molecule has 1 aromatic carbocycles. The van der Waals surface area contributed by atoms with Gasteiger partial charge in [0.2, 0.25) is 0 Å². The minimum absolute atomic E-state index is 0.0446. The number of benzene rings is 1. The Morgan fingerprint density at radius 2 is 2.23 bits per heavy atom. The number of esters is 1. The summed E-state index contributed by atoms with van der Waals surface area (Å²) in [5.74, 6) is -0.307. The highest BCUT2D eigenvalue weighted by Crippen LogP contribution is 2.29. The van der Waals surface area contributed by atoms with Crippen molar-refractivity contribution in [1.29, 1.82) is 0 Å². The monoisotopic (exact) mass is 309 g/mol. The van der Waals surface area contributed by atoms with Gasteiger partial charge in [0.15, 0.2) is 11.5 Å². The number of phenolic OH excluding ortho intramolecular Hbond substituents is 1. The molecule has 0 aliphatic carbocycles. The lowest BCUT2D eigenvalue weighted by Gasteiger charge is -2.14. The number of aromatic hydroxyl groups is 1. The number of unbranched alkanes of at least 4 members (excludes halogenated alkanes) is 1. The fourth-order valence-corrected chi connectivity index (χ4v) is 2.01. The molecule has 0 heterocycles. The van der Waals surface area contributed by atoms with Crippen molar-refractivity contribution >= 4 is 13.5 Å². The quantitative estimate of drug-likeness (QED) is 0.293. The first-order chi connectivity index (χ1) is 10.6. The van der Waals surface area contributed by atoms with Crippen molar-refractivity contribution < 1.29 is 24.0 Å². The van der Waals surface area contributed by atoms with Crippen molar-refractivity contribution in [2.24, 2.45) is 5.73 Å². The van der Waals surface area contributed by atoms with Crippen LogP contribution in [-0.2, 0) is 20.6 Å². The smallest absolute Gasteiger partial charge is 0.303 e. The second kappa shape index (κ2) is 10.1. The second-order valence-electron chi connectivity index (χ2n) is 4.97. The lowest BCUT2D eigenvalue weighted by atomic mass is 9.76. The van der Waals surface area contributed by atoms with Gasteiger partial charge in [-0.25, -0.2) is 0 Å². The molecule has 0 saturated carbocycles. The summed E-state index contributed by atoms with van der Waals surface area (Å²) in [6, 6.07) is 5.12. The Labute approximate surface area is 131 Å². The molecule has 122 valence electrons. The van der Waals surface area contributed by atoms with Gasteiger partial charge in [0.1, 0.15) is 0 Å². The van der Waals surface area contributed by atoms with Gasteiger partial charge < -0.3 is 25.0 Å². The van der Waals surface area contributed by atoms with E-state index in [0.717, 1.165) is 18.4 Å². The van der Waals surface area contributed by atoms with E-state index < -0.39 is 5.82 Å². The van der Waals surface area contributed by atoms with Crippen LogP contribution in [0.3, 0.4) is 0 Å². The molecule has 0 radical (unpaired) electrons. The van der Waals surface area contributed by atoms with E-state index in [1.807, 2.05) is 6.07 Å². The van der Waals surface area contributed by atoms with Crippen LogP contribution in [0.2, 0.25) is 5.82 Å². The lowest BCUT2D eigenvalue weighted by Crippen LogP contribution is -2.23. The van der Waals surface area contributed by atoms with Crippen molar-refractivity contribution in [3.63, 3.8) is 0 Å². The molecule has 0 fully saturated rings. The van der Waals surface area contributed by atoms with Crippen molar-refractivity contribution in [3.8, 4) is 11.5 Å². The van der Waals surface area contributed by atoms with Gasteiger partial charge in [-0.05, 0) is 30.5 Å². The molecular formula is C15H24BNO5. The molecule has 0 aliphatic heterocycles.